The molecule has 2 aliphatic heterocycles. The van der Waals surface area contributed by atoms with Gasteiger partial charge < -0.3 is 0 Å². The molecule has 3 nitrogen and oxygen atoms in total. The maximum atomic E-state index is 13.5. The Balaban J connectivity index is 1.40. The number of halogens is 1. The van der Waals surface area contributed by atoms with Gasteiger partial charge in [-0.05, 0) is 54.8 Å². The van der Waals surface area contributed by atoms with Crippen molar-refractivity contribution >= 4 is 40.6 Å². The van der Waals surface area contributed by atoms with E-state index < -0.39 is 0 Å². The summed E-state index contributed by atoms with van der Waals surface area (Å²) in [6.07, 6.45) is 1.09. The third kappa shape index (κ3) is 3.68. The Kier molecular flexibility index (Phi) is 5.08. The second kappa shape index (κ2) is 7.86. The Morgan fingerprint density at radius 1 is 0.966 bits per heavy atom. The first-order valence-electron chi connectivity index (χ1n) is 9.86. The quantitative estimate of drug-likeness (QED) is 0.522. The molecule has 0 N–H and O–H groups in total. The molecule has 0 aliphatic carbocycles. The van der Waals surface area contributed by atoms with Gasteiger partial charge in [-0.1, -0.05) is 65.8 Å². The number of hydrogen-bond donors (Lipinski definition) is 0. The lowest BCUT2D eigenvalue weighted by Crippen LogP contribution is -2.38. The van der Waals surface area contributed by atoms with Crippen molar-refractivity contribution < 1.29 is 4.79 Å². The molecule has 29 heavy (non-hydrogen) atoms. The number of anilines is 2. The summed E-state index contributed by atoms with van der Waals surface area (Å²) in [5.74, 6) is 0.588. The van der Waals surface area contributed by atoms with Crippen LogP contribution >= 0.6 is 23.4 Å². The van der Waals surface area contributed by atoms with Crippen molar-refractivity contribution in [3.8, 4) is 0 Å². The van der Waals surface area contributed by atoms with Gasteiger partial charge in [0.25, 0.3) is 0 Å². The standard InChI is InChI=1S/C24H21ClN2OS/c25-19-10-11-23-21(14-19)27(20-8-4-5-9-22(20)29-23)24(28)16-26-13-12-18(15-26)17-6-2-1-3-7-17/h1-11,14,18H,12-13,15-16H2. The molecule has 1 atom stereocenters. The lowest BCUT2D eigenvalue weighted by atomic mass is 9.99. The summed E-state index contributed by atoms with van der Waals surface area (Å²) in [5, 5.41) is 0.645. The highest BCUT2D eigenvalue weighted by molar-refractivity contribution is 7.99. The molecule has 0 radical (unpaired) electrons. The molecule has 1 amide bonds. The number of fused-ring (bicyclic) bond motifs is 2. The van der Waals surface area contributed by atoms with Gasteiger partial charge in [-0.3, -0.25) is 14.6 Å². The van der Waals surface area contributed by atoms with E-state index in [9.17, 15) is 4.79 Å². The van der Waals surface area contributed by atoms with Crippen LogP contribution in [-0.4, -0.2) is 30.4 Å². The minimum atomic E-state index is 0.0926. The second-order valence-corrected chi connectivity index (χ2v) is 9.06. The zero-order chi connectivity index (χ0) is 19.8. The van der Waals surface area contributed by atoms with Gasteiger partial charge in [-0.2, -0.15) is 0 Å². The van der Waals surface area contributed by atoms with Crippen LogP contribution in [0.25, 0.3) is 0 Å². The Hall–Kier alpha value is -2.27. The monoisotopic (exact) mass is 420 g/mol. The molecule has 2 heterocycles. The first kappa shape index (κ1) is 18.7. The van der Waals surface area contributed by atoms with E-state index in [1.807, 2.05) is 47.4 Å². The van der Waals surface area contributed by atoms with Crippen LogP contribution in [0.2, 0.25) is 5.02 Å². The summed E-state index contributed by atoms with van der Waals surface area (Å²) in [4.78, 5) is 19.7. The summed E-state index contributed by atoms with van der Waals surface area (Å²) in [5.41, 5.74) is 3.18. The number of benzene rings is 3. The fourth-order valence-corrected chi connectivity index (χ4v) is 5.44. The number of carbonyl (C=O) groups is 1. The predicted octanol–water partition coefficient (Wildman–Crippen LogP) is 5.96. The van der Waals surface area contributed by atoms with Crippen LogP contribution < -0.4 is 4.90 Å². The first-order chi connectivity index (χ1) is 14.2. The minimum absolute atomic E-state index is 0.0926. The van der Waals surface area contributed by atoms with Crippen molar-refractivity contribution in [3.05, 3.63) is 83.4 Å². The van der Waals surface area contributed by atoms with Crippen LogP contribution in [0.4, 0.5) is 11.4 Å². The number of carbonyl (C=O) groups excluding carboxylic acids is 1. The molecule has 0 aromatic heterocycles. The van der Waals surface area contributed by atoms with Gasteiger partial charge in [-0.15, -0.1) is 0 Å². The highest BCUT2D eigenvalue weighted by atomic mass is 35.5. The predicted molar refractivity (Wildman–Crippen MR) is 119 cm³/mol. The van der Waals surface area contributed by atoms with Crippen molar-refractivity contribution in [2.75, 3.05) is 24.5 Å². The van der Waals surface area contributed by atoms with E-state index in [-0.39, 0.29) is 5.91 Å². The van der Waals surface area contributed by atoms with Crippen molar-refractivity contribution in [1.29, 1.82) is 0 Å². The Morgan fingerprint density at radius 2 is 1.72 bits per heavy atom. The number of amides is 1. The van der Waals surface area contributed by atoms with Gasteiger partial charge in [0.05, 0.1) is 17.9 Å². The smallest absolute Gasteiger partial charge is 0.245 e. The van der Waals surface area contributed by atoms with Gasteiger partial charge in [0, 0.05) is 21.4 Å². The molecule has 146 valence electrons. The molecule has 1 unspecified atom stereocenters. The van der Waals surface area contributed by atoms with E-state index in [2.05, 4.69) is 35.2 Å². The number of nitrogens with zero attached hydrogens (tertiary/aromatic N) is 2. The summed E-state index contributed by atoms with van der Waals surface area (Å²) in [6, 6.07) is 24.5. The molecule has 1 fully saturated rings. The van der Waals surface area contributed by atoms with Crippen molar-refractivity contribution in [2.45, 2.75) is 22.1 Å². The molecule has 0 spiro atoms. The van der Waals surface area contributed by atoms with Crippen LogP contribution in [0.3, 0.4) is 0 Å². The number of hydrogen-bond acceptors (Lipinski definition) is 3. The maximum absolute atomic E-state index is 13.5. The third-order valence-corrected chi connectivity index (χ3v) is 7.00. The molecule has 3 aromatic rings. The van der Waals surface area contributed by atoms with E-state index >= 15 is 0 Å². The van der Waals surface area contributed by atoms with Crippen molar-refractivity contribution in [3.63, 3.8) is 0 Å². The SMILES string of the molecule is O=C(CN1CCC(c2ccccc2)C1)N1c2ccccc2Sc2ccc(Cl)cc21. The number of para-hydroxylation sites is 1. The molecule has 2 aliphatic rings. The number of rotatable bonds is 3. The lowest BCUT2D eigenvalue weighted by molar-refractivity contribution is -0.118. The average molecular weight is 421 g/mol. The van der Waals surface area contributed by atoms with E-state index in [0.717, 1.165) is 40.7 Å². The Morgan fingerprint density at radius 3 is 2.59 bits per heavy atom. The van der Waals surface area contributed by atoms with E-state index in [0.29, 0.717) is 17.5 Å². The fraction of sp³-hybridized carbons (Fsp3) is 0.208. The molecule has 0 bridgehead atoms. The molecule has 0 saturated carbocycles. The third-order valence-electron chi connectivity index (χ3n) is 5.64. The highest BCUT2D eigenvalue weighted by Gasteiger charge is 2.31. The molecular weight excluding hydrogens is 400 g/mol. The summed E-state index contributed by atoms with van der Waals surface area (Å²) in [7, 11) is 0. The minimum Gasteiger partial charge on any atom is -0.294 e. The van der Waals surface area contributed by atoms with Crippen LogP contribution in [-0.2, 0) is 4.79 Å². The number of likely N-dealkylation sites (tertiary alicyclic amines) is 1. The topological polar surface area (TPSA) is 23.6 Å². The lowest BCUT2D eigenvalue weighted by Gasteiger charge is -2.32. The molecule has 5 heteroatoms. The molecule has 5 rings (SSSR count). The maximum Gasteiger partial charge on any atom is 0.245 e. The van der Waals surface area contributed by atoms with E-state index in [4.69, 9.17) is 11.6 Å². The highest BCUT2D eigenvalue weighted by Crippen LogP contribution is 2.48. The van der Waals surface area contributed by atoms with Gasteiger partial charge >= 0.3 is 0 Å². The van der Waals surface area contributed by atoms with Crippen LogP contribution in [0.5, 0.6) is 0 Å². The summed E-state index contributed by atoms with van der Waals surface area (Å²) >= 11 is 7.96. The molecule has 3 aromatic carbocycles. The normalized spacial score (nSPS) is 18.4. The van der Waals surface area contributed by atoms with Crippen molar-refractivity contribution in [1.82, 2.24) is 4.90 Å². The van der Waals surface area contributed by atoms with Crippen LogP contribution in [0.1, 0.15) is 17.9 Å². The van der Waals surface area contributed by atoms with Gasteiger partial charge in [0.1, 0.15) is 0 Å². The van der Waals surface area contributed by atoms with E-state index in [1.54, 1.807) is 11.8 Å². The first-order valence-corrected chi connectivity index (χ1v) is 11.1. The second-order valence-electron chi connectivity index (χ2n) is 7.54. The zero-order valence-electron chi connectivity index (χ0n) is 15.9. The largest absolute Gasteiger partial charge is 0.294 e. The summed E-state index contributed by atoms with van der Waals surface area (Å²) < 4.78 is 0. The van der Waals surface area contributed by atoms with Crippen molar-refractivity contribution in [2.24, 2.45) is 0 Å². The summed E-state index contributed by atoms with van der Waals surface area (Å²) in [6.45, 7) is 2.27. The Bertz CT molecular complexity index is 1060. The van der Waals surface area contributed by atoms with Gasteiger partial charge in [0.2, 0.25) is 5.91 Å². The van der Waals surface area contributed by atoms with Gasteiger partial charge in [0.15, 0.2) is 0 Å². The zero-order valence-corrected chi connectivity index (χ0v) is 17.5. The van der Waals surface area contributed by atoms with Crippen LogP contribution in [0, 0.1) is 0 Å². The van der Waals surface area contributed by atoms with Crippen LogP contribution in [0.15, 0.2) is 82.6 Å². The Labute approximate surface area is 180 Å². The van der Waals surface area contributed by atoms with E-state index in [1.165, 1.54) is 5.56 Å². The van der Waals surface area contributed by atoms with Gasteiger partial charge in [-0.25, -0.2) is 0 Å². The molecule has 1 saturated heterocycles. The molecular formula is C24H21ClN2OS. The average Bonchev–Trinajstić information content (AvgIpc) is 3.21. The fourth-order valence-electron chi connectivity index (χ4n) is 4.23.